The first kappa shape index (κ1) is 14.6. The van der Waals surface area contributed by atoms with Crippen LogP contribution in [0.4, 0.5) is 17.3 Å². The minimum absolute atomic E-state index is 0.259. The van der Waals surface area contributed by atoms with Crippen molar-refractivity contribution in [2.75, 3.05) is 17.0 Å². The second kappa shape index (κ2) is 6.58. The number of hydrazine groups is 1. The number of thioether (sulfide) groups is 1. The zero-order valence-corrected chi connectivity index (χ0v) is 12.7. The maximum Gasteiger partial charge on any atom is 0.148 e. The highest BCUT2D eigenvalue weighted by molar-refractivity contribution is 7.98. The molecule has 0 bridgehead atoms. The van der Waals surface area contributed by atoms with Gasteiger partial charge >= 0.3 is 0 Å². The van der Waals surface area contributed by atoms with Gasteiger partial charge in [0.1, 0.15) is 18.0 Å². The molecule has 1 heterocycles. The molecule has 2 rings (SSSR count). The quantitative estimate of drug-likeness (QED) is 0.445. The normalized spacial score (nSPS) is 10.7. The van der Waals surface area contributed by atoms with Gasteiger partial charge in [-0.15, -0.1) is 11.8 Å². The van der Waals surface area contributed by atoms with Gasteiger partial charge in [-0.3, -0.25) is 0 Å². The zero-order chi connectivity index (χ0) is 14.5. The molecule has 0 saturated heterocycles. The predicted molar refractivity (Wildman–Crippen MR) is 85.4 cm³/mol. The molecule has 2 aromatic rings. The lowest BCUT2D eigenvalue weighted by Crippen LogP contribution is -2.14. The highest BCUT2D eigenvalue weighted by atomic mass is 32.2. The summed E-state index contributed by atoms with van der Waals surface area (Å²) >= 11 is 1.72. The van der Waals surface area contributed by atoms with Crippen molar-refractivity contribution >= 4 is 29.1 Å². The molecule has 0 aliphatic carbocycles. The van der Waals surface area contributed by atoms with Crippen molar-refractivity contribution in [2.45, 2.75) is 24.7 Å². The second-order valence-electron chi connectivity index (χ2n) is 4.64. The van der Waals surface area contributed by atoms with Crippen molar-refractivity contribution in [1.82, 2.24) is 9.97 Å². The average Bonchev–Trinajstić information content (AvgIpc) is 2.47. The lowest BCUT2D eigenvalue weighted by Gasteiger charge is -2.16. The highest BCUT2D eigenvalue weighted by Gasteiger charge is 2.14. The summed E-state index contributed by atoms with van der Waals surface area (Å²) in [6.45, 7) is 4.17. The smallest absolute Gasteiger partial charge is 0.148 e. The maximum atomic E-state index is 5.52. The van der Waals surface area contributed by atoms with Crippen LogP contribution in [0.15, 0.2) is 35.5 Å². The summed E-state index contributed by atoms with van der Waals surface area (Å²) in [7, 11) is 0. The number of hydrogen-bond donors (Lipinski definition) is 3. The van der Waals surface area contributed by atoms with E-state index in [1.165, 1.54) is 11.2 Å². The van der Waals surface area contributed by atoms with Crippen LogP contribution in [0.1, 0.15) is 25.3 Å². The summed E-state index contributed by atoms with van der Waals surface area (Å²) < 4.78 is 0. The average molecular weight is 289 g/mol. The van der Waals surface area contributed by atoms with Crippen LogP contribution in [0.25, 0.3) is 0 Å². The first-order valence-electron chi connectivity index (χ1n) is 6.38. The van der Waals surface area contributed by atoms with Gasteiger partial charge in [-0.2, -0.15) is 0 Å². The second-order valence-corrected chi connectivity index (χ2v) is 5.52. The number of nitrogens with zero attached hydrogens (tertiary/aromatic N) is 2. The summed E-state index contributed by atoms with van der Waals surface area (Å²) in [6, 6.07) is 8.22. The van der Waals surface area contributed by atoms with E-state index in [9.17, 15) is 0 Å². The largest absolute Gasteiger partial charge is 0.340 e. The molecule has 1 aromatic carbocycles. The van der Waals surface area contributed by atoms with Gasteiger partial charge in [0.05, 0.1) is 0 Å². The van der Waals surface area contributed by atoms with Crippen molar-refractivity contribution in [3.05, 3.63) is 36.2 Å². The number of nitrogens with two attached hydrogens (primary N) is 1. The first-order chi connectivity index (χ1) is 9.65. The summed E-state index contributed by atoms with van der Waals surface area (Å²) in [5.74, 6) is 7.21. The Kier molecular flexibility index (Phi) is 4.81. The van der Waals surface area contributed by atoms with Crippen LogP contribution in [0.3, 0.4) is 0 Å². The molecule has 20 heavy (non-hydrogen) atoms. The third-order valence-electron chi connectivity index (χ3n) is 2.95. The minimum Gasteiger partial charge on any atom is -0.340 e. The monoisotopic (exact) mass is 289 g/mol. The van der Waals surface area contributed by atoms with E-state index < -0.39 is 0 Å². The van der Waals surface area contributed by atoms with E-state index in [4.69, 9.17) is 5.84 Å². The highest BCUT2D eigenvalue weighted by Crippen LogP contribution is 2.30. The molecule has 0 fully saturated rings. The van der Waals surface area contributed by atoms with Gasteiger partial charge < -0.3 is 10.7 Å². The molecule has 0 amide bonds. The van der Waals surface area contributed by atoms with Crippen LogP contribution < -0.4 is 16.6 Å². The van der Waals surface area contributed by atoms with Gasteiger partial charge in [0.2, 0.25) is 0 Å². The number of nitrogen functional groups attached to an aromatic ring is 1. The van der Waals surface area contributed by atoms with Gasteiger partial charge in [-0.1, -0.05) is 13.8 Å². The van der Waals surface area contributed by atoms with Gasteiger partial charge in [0, 0.05) is 16.1 Å². The van der Waals surface area contributed by atoms with Gasteiger partial charge in [0.25, 0.3) is 0 Å². The van der Waals surface area contributed by atoms with Crippen LogP contribution in [0, 0.1) is 0 Å². The fourth-order valence-corrected chi connectivity index (χ4v) is 2.38. The van der Waals surface area contributed by atoms with E-state index in [0.29, 0.717) is 5.82 Å². The van der Waals surface area contributed by atoms with Crippen LogP contribution in [0.5, 0.6) is 0 Å². The molecule has 5 nitrogen and oxygen atoms in total. The van der Waals surface area contributed by atoms with Crippen molar-refractivity contribution in [2.24, 2.45) is 5.84 Å². The Morgan fingerprint density at radius 3 is 2.30 bits per heavy atom. The van der Waals surface area contributed by atoms with E-state index in [0.717, 1.165) is 17.1 Å². The van der Waals surface area contributed by atoms with Crippen molar-refractivity contribution < 1.29 is 0 Å². The summed E-state index contributed by atoms with van der Waals surface area (Å²) in [6.07, 6.45) is 3.56. The Labute approximate surface area is 123 Å². The van der Waals surface area contributed by atoms with E-state index >= 15 is 0 Å². The van der Waals surface area contributed by atoms with E-state index in [1.54, 1.807) is 11.8 Å². The van der Waals surface area contributed by atoms with Crippen LogP contribution >= 0.6 is 11.8 Å². The van der Waals surface area contributed by atoms with Crippen LogP contribution in [-0.2, 0) is 0 Å². The fourth-order valence-electron chi connectivity index (χ4n) is 1.97. The number of anilines is 3. The summed E-state index contributed by atoms with van der Waals surface area (Å²) in [5.41, 5.74) is 4.59. The molecule has 0 spiro atoms. The maximum absolute atomic E-state index is 5.52. The number of benzene rings is 1. The fraction of sp³-hybridized carbons (Fsp3) is 0.286. The molecule has 0 atom stereocenters. The van der Waals surface area contributed by atoms with Crippen LogP contribution in [-0.4, -0.2) is 16.2 Å². The summed E-state index contributed by atoms with van der Waals surface area (Å²) in [5, 5.41) is 3.32. The van der Waals surface area contributed by atoms with Crippen molar-refractivity contribution in [3.63, 3.8) is 0 Å². The first-order valence-corrected chi connectivity index (χ1v) is 7.60. The van der Waals surface area contributed by atoms with Gasteiger partial charge in [-0.05, 0) is 36.4 Å². The minimum atomic E-state index is 0.259. The number of rotatable bonds is 5. The van der Waals surface area contributed by atoms with E-state index in [-0.39, 0.29) is 5.92 Å². The molecule has 0 saturated carbocycles. The van der Waals surface area contributed by atoms with Crippen molar-refractivity contribution in [3.8, 4) is 0 Å². The zero-order valence-electron chi connectivity index (χ0n) is 11.8. The molecule has 0 aliphatic heterocycles. The standard InChI is InChI=1S/C14H19N5S/c1-9(2)12-13(16-8-17-14(12)19-15)18-10-4-6-11(20-3)7-5-10/h4-9H,15H2,1-3H3,(H2,16,17,18,19). The molecule has 4 N–H and O–H groups in total. The number of hydrogen-bond acceptors (Lipinski definition) is 6. The molecule has 0 aliphatic rings. The lowest BCUT2D eigenvalue weighted by atomic mass is 10.0. The Bertz CT molecular complexity index is 568. The third kappa shape index (κ3) is 3.20. The Morgan fingerprint density at radius 2 is 1.75 bits per heavy atom. The molecule has 6 heteroatoms. The molecule has 0 unspecified atom stereocenters. The Balaban J connectivity index is 2.32. The number of nitrogens with one attached hydrogen (secondary N) is 2. The lowest BCUT2D eigenvalue weighted by molar-refractivity contribution is 0.850. The van der Waals surface area contributed by atoms with Crippen molar-refractivity contribution in [1.29, 1.82) is 0 Å². The molecular formula is C14H19N5S. The SMILES string of the molecule is CSc1ccc(Nc2ncnc(NN)c2C(C)C)cc1. The van der Waals surface area contributed by atoms with Gasteiger partial charge in [0.15, 0.2) is 0 Å². The molecule has 106 valence electrons. The third-order valence-corrected chi connectivity index (χ3v) is 3.69. The number of aromatic nitrogens is 2. The summed E-state index contributed by atoms with van der Waals surface area (Å²) in [4.78, 5) is 9.71. The van der Waals surface area contributed by atoms with Gasteiger partial charge in [-0.25, -0.2) is 15.8 Å². The van der Waals surface area contributed by atoms with E-state index in [2.05, 4.69) is 52.9 Å². The Hall–Kier alpha value is -1.79. The molecule has 1 aromatic heterocycles. The molecular weight excluding hydrogens is 270 g/mol. The predicted octanol–water partition coefficient (Wildman–Crippen LogP) is 3.35. The Morgan fingerprint density at radius 1 is 1.10 bits per heavy atom. The van der Waals surface area contributed by atoms with Crippen LogP contribution in [0.2, 0.25) is 0 Å². The molecule has 0 radical (unpaired) electrons. The topological polar surface area (TPSA) is 75.9 Å². The van der Waals surface area contributed by atoms with E-state index in [1.807, 2.05) is 12.1 Å².